The predicted octanol–water partition coefficient (Wildman–Crippen LogP) is 3.28. The van der Waals surface area contributed by atoms with Crippen molar-refractivity contribution in [2.45, 2.75) is 46.0 Å². The summed E-state index contributed by atoms with van der Waals surface area (Å²) in [6, 6.07) is 6.56. The van der Waals surface area contributed by atoms with Crippen LogP contribution in [0.15, 0.2) is 24.3 Å². The Kier molecular flexibility index (Phi) is 5.54. The van der Waals surface area contributed by atoms with Gasteiger partial charge in [-0.2, -0.15) is 0 Å². The summed E-state index contributed by atoms with van der Waals surface area (Å²) in [5.41, 5.74) is 0.556. The van der Waals surface area contributed by atoms with Crippen molar-refractivity contribution in [2.24, 2.45) is 11.3 Å². The van der Waals surface area contributed by atoms with Gasteiger partial charge in [0.2, 0.25) is 5.91 Å². The molecular formula is C21H30N2O3. The standard InChI is InChI=1S/C21H30N2O3/c1-16(2)8-12-22-14-21(10-7-19(22)25)9-4-11-23(15-21)20(26)17-5-3-6-18(24)13-17/h3,5-6,13,16,24H,4,7-12,14-15H2,1-2H3. The number of likely N-dealkylation sites (tertiary alicyclic amines) is 2. The second kappa shape index (κ2) is 7.68. The molecular weight excluding hydrogens is 328 g/mol. The molecule has 0 bridgehead atoms. The van der Waals surface area contributed by atoms with Gasteiger partial charge in [-0.3, -0.25) is 9.59 Å². The first-order valence-electron chi connectivity index (χ1n) is 9.75. The third kappa shape index (κ3) is 4.19. The highest BCUT2D eigenvalue weighted by molar-refractivity contribution is 5.94. The Morgan fingerprint density at radius 1 is 1.27 bits per heavy atom. The summed E-state index contributed by atoms with van der Waals surface area (Å²) < 4.78 is 0. The van der Waals surface area contributed by atoms with E-state index in [1.54, 1.807) is 18.2 Å². The highest BCUT2D eigenvalue weighted by atomic mass is 16.3. The highest BCUT2D eigenvalue weighted by Crippen LogP contribution is 2.39. The second-order valence-corrected chi connectivity index (χ2v) is 8.38. The number of aromatic hydroxyl groups is 1. The molecule has 3 rings (SSSR count). The van der Waals surface area contributed by atoms with Crippen LogP contribution in [-0.4, -0.2) is 52.9 Å². The molecule has 0 aliphatic carbocycles. The fraction of sp³-hybridized carbons (Fsp3) is 0.619. The van der Waals surface area contributed by atoms with Gasteiger partial charge in [0, 0.05) is 43.6 Å². The average Bonchev–Trinajstić information content (AvgIpc) is 2.62. The van der Waals surface area contributed by atoms with Gasteiger partial charge in [0.1, 0.15) is 5.75 Å². The van der Waals surface area contributed by atoms with Crippen molar-refractivity contribution in [3.63, 3.8) is 0 Å². The Hall–Kier alpha value is -2.04. The lowest BCUT2D eigenvalue weighted by Crippen LogP contribution is -2.55. The fourth-order valence-electron chi connectivity index (χ4n) is 4.26. The van der Waals surface area contributed by atoms with E-state index in [2.05, 4.69) is 13.8 Å². The van der Waals surface area contributed by atoms with Gasteiger partial charge >= 0.3 is 0 Å². The SMILES string of the molecule is CC(C)CCN1CC2(CCCN(C(=O)c3cccc(O)c3)C2)CCC1=O. The van der Waals surface area contributed by atoms with Gasteiger partial charge in [-0.05, 0) is 49.8 Å². The molecule has 1 aromatic carbocycles. The first kappa shape index (κ1) is 18.7. The lowest BCUT2D eigenvalue weighted by Gasteiger charge is -2.48. The molecule has 142 valence electrons. The van der Waals surface area contributed by atoms with Crippen molar-refractivity contribution in [3.05, 3.63) is 29.8 Å². The number of phenols is 1. The normalized spacial score (nSPS) is 23.7. The molecule has 1 N–H and O–H groups in total. The summed E-state index contributed by atoms with van der Waals surface area (Å²) >= 11 is 0. The van der Waals surface area contributed by atoms with Crippen LogP contribution in [-0.2, 0) is 4.79 Å². The number of carbonyl (C=O) groups is 2. The zero-order chi connectivity index (χ0) is 18.7. The molecule has 5 heteroatoms. The Labute approximate surface area is 156 Å². The van der Waals surface area contributed by atoms with E-state index in [1.807, 2.05) is 9.80 Å². The molecule has 2 aliphatic heterocycles. The van der Waals surface area contributed by atoms with Crippen LogP contribution in [0.1, 0.15) is 56.3 Å². The minimum Gasteiger partial charge on any atom is -0.508 e. The van der Waals surface area contributed by atoms with Crippen molar-refractivity contribution in [2.75, 3.05) is 26.2 Å². The monoisotopic (exact) mass is 358 g/mol. The zero-order valence-electron chi connectivity index (χ0n) is 15.9. The fourth-order valence-corrected chi connectivity index (χ4v) is 4.26. The molecule has 1 atom stereocenters. The van der Waals surface area contributed by atoms with Crippen LogP contribution < -0.4 is 0 Å². The molecule has 0 radical (unpaired) electrons. The number of benzene rings is 1. The van der Waals surface area contributed by atoms with E-state index < -0.39 is 0 Å². The molecule has 5 nitrogen and oxygen atoms in total. The highest BCUT2D eigenvalue weighted by Gasteiger charge is 2.42. The Morgan fingerprint density at radius 2 is 2.08 bits per heavy atom. The topological polar surface area (TPSA) is 60.9 Å². The van der Waals surface area contributed by atoms with E-state index >= 15 is 0 Å². The molecule has 2 heterocycles. The van der Waals surface area contributed by atoms with E-state index in [1.165, 1.54) is 6.07 Å². The summed E-state index contributed by atoms with van der Waals surface area (Å²) in [6.45, 7) is 7.39. The van der Waals surface area contributed by atoms with Crippen LogP contribution in [0.25, 0.3) is 0 Å². The van der Waals surface area contributed by atoms with Crippen molar-refractivity contribution in [1.29, 1.82) is 0 Å². The minimum atomic E-state index is -0.0226. The maximum atomic E-state index is 12.9. The summed E-state index contributed by atoms with van der Waals surface area (Å²) in [5.74, 6) is 0.930. The first-order valence-corrected chi connectivity index (χ1v) is 9.75. The lowest BCUT2D eigenvalue weighted by atomic mass is 9.73. The number of hydrogen-bond donors (Lipinski definition) is 1. The molecule has 26 heavy (non-hydrogen) atoms. The summed E-state index contributed by atoms with van der Waals surface area (Å²) in [4.78, 5) is 29.1. The number of nitrogens with zero attached hydrogens (tertiary/aromatic N) is 2. The molecule has 0 saturated carbocycles. The Morgan fingerprint density at radius 3 is 2.81 bits per heavy atom. The van der Waals surface area contributed by atoms with Crippen molar-refractivity contribution >= 4 is 11.8 Å². The van der Waals surface area contributed by atoms with Crippen LogP contribution in [0.3, 0.4) is 0 Å². The van der Waals surface area contributed by atoms with Crippen LogP contribution >= 0.6 is 0 Å². The summed E-state index contributed by atoms with van der Waals surface area (Å²) in [6.07, 6.45) is 4.52. The molecule has 2 saturated heterocycles. The molecule has 1 spiro atoms. The van der Waals surface area contributed by atoms with Gasteiger partial charge in [0.15, 0.2) is 0 Å². The minimum absolute atomic E-state index is 0.0226. The number of piperidine rings is 2. The van der Waals surface area contributed by atoms with Gasteiger partial charge in [0.25, 0.3) is 5.91 Å². The van der Waals surface area contributed by atoms with Gasteiger partial charge in [-0.1, -0.05) is 19.9 Å². The van der Waals surface area contributed by atoms with Crippen LogP contribution in [0, 0.1) is 11.3 Å². The van der Waals surface area contributed by atoms with E-state index in [0.717, 1.165) is 45.3 Å². The van der Waals surface area contributed by atoms with E-state index in [9.17, 15) is 14.7 Å². The van der Waals surface area contributed by atoms with Gasteiger partial charge in [-0.15, -0.1) is 0 Å². The summed E-state index contributed by atoms with van der Waals surface area (Å²) in [5, 5.41) is 9.66. The molecule has 2 amide bonds. The number of carbonyl (C=O) groups excluding carboxylic acids is 2. The van der Waals surface area contributed by atoms with Gasteiger partial charge in [-0.25, -0.2) is 0 Å². The van der Waals surface area contributed by atoms with Crippen LogP contribution in [0.2, 0.25) is 0 Å². The maximum Gasteiger partial charge on any atom is 0.254 e. The van der Waals surface area contributed by atoms with Crippen LogP contribution in [0.5, 0.6) is 5.75 Å². The predicted molar refractivity (Wildman–Crippen MR) is 101 cm³/mol. The van der Waals surface area contributed by atoms with Crippen molar-refractivity contribution in [1.82, 2.24) is 9.80 Å². The first-order chi connectivity index (χ1) is 12.4. The number of rotatable bonds is 4. The smallest absolute Gasteiger partial charge is 0.254 e. The van der Waals surface area contributed by atoms with Gasteiger partial charge < -0.3 is 14.9 Å². The maximum absolute atomic E-state index is 12.9. The molecule has 2 aliphatic rings. The second-order valence-electron chi connectivity index (χ2n) is 8.38. The quantitative estimate of drug-likeness (QED) is 0.898. The number of amides is 2. The zero-order valence-corrected chi connectivity index (χ0v) is 15.9. The van der Waals surface area contributed by atoms with E-state index in [4.69, 9.17) is 0 Å². The largest absolute Gasteiger partial charge is 0.508 e. The van der Waals surface area contributed by atoms with Gasteiger partial charge in [0.05, 0.1) is 0 Å². The van der Waals surface area contributed by atoms with Crippen LogP contribution in [0.4, 0.5) is 0 Å². The number of hydrogen-bond acceptors (Lipinski definition) is 3. The van der Waals surface area contributed by atoms with E-state index in [-0.39, 0.29) is 23.0 Å². The average molecular weight is 358 g/mol. The van der Waals surface area contributed by atoms with E-state index in [0.29, 0.717) is 24.4 Å². The van der Waals surface area contributed by atoms with Crippen molar-refractivity contribution < 1.29 is 14.7 Å². The third-order valence-corrected chi connectivity index (χ3v) is 5.77. The Bertz CT molecular complexity index is 673. The number of phenolic OH excluding ortho intramolecular Hbond substituents is 1. The lowest BCUT2D eigenvalue weighted by molar-refractivity contribution is -0.139. The third-order valence-electron chi connectivity index (χ3n) is 5.77. The molecule has 2 fully saturated rings. The van der Waals surface area contributed by atoms with Crippen molar-refractivity contribution in [3.8, 4) is 5.75 Å². The molecule has 0 aromatic heterocycles. The molecule has 1 aromatic rings. The Balaban J connectivity index is 1.70. The molecule has 1 unspecified atom stereocenters. The summed E-state index contributed by atoms with van der Waals surface area (Å²) in [7, 11) is 0.